The molecule has 1 aromatic rings. The zero-order valence-corrected chi connectivity index (χ0v) is 9.79. The van der Waals surface area contributed by atoms with Crippen molar-refractivity contribution < 1.29 is 14.4 Å². The predicted molar refractivity (Wildman–Crippen MR) is 61.2 cm³/mol. The van der Waals surface area contributed by atoms with Crippen LogP contribution in [0.3, 0.4) is 0 Å². The Morgan fingerprint density at radius 2 is 2.06 bits per heavy atom. The summed E-state index contributed by atoms with van der Waals surface area (Å²) in [4.78, 5) is 11.9. The molecule has 0 bridgehead atoms. The number of hydrogen-bond donors (Lipinski definition) is 2. The van der Waals surface area contributed by atoms with E-state index in [0.717, 1.165) is 12.8 Å². The van der Waals surface area contributed by atoms with Crippen molar-refractivity contribution in [2.45, 2.75) is 38.0 Å². The monoisotopic (exact) mass is 237 g/mol. The Kier molecular flexibility index (Phi) is 3.15. The fourth-order valence-electron chi connectivity index (χ4n) is 2.83. The minimum absolute atomic E-state index is 0.306. The van der Waals surface area contributed by atoms with Crippen molar-refractivity contribution in [3.63, 3.8) is 0 Å². The zero-order valence-electron chi connectivity index (χ0n) is 9.79. The molecule has 1 aliphatic rings. The number of carbonyl (C=O) groups excluding carboxylic acids is 1. The number of nitrogens with one attached hydrogen (secondary N) is 1. The van der Waals surface area contributed by atoms with Gasteiger partial charge in [-0.25, -0.2) is 9.87 Å². The molecule has 0 radical (unpaired) electrons. The van der Waals surface area contributed by atoms with Crippen LogP contribution in [0.4, 0.5) is 4.39 Å². The molecule has 92 valence electrons. The summed E-state index contributed by atoms with van der Waals surface area (Å²) in [6, 6.07) is 4.78. The first kappa shape index (κ1) is 12.0. The normalized spacial score (nSPS) is 18.1. The maximum Gasteiger partial charge on any atom is 0.253 e. The second-order valence-corrected chi connectivity index (χ2v) is 4.64. The van der Waals surface area contributed by atoms with Gasteiger partial charge in [0.2, 0.25) is 0 Å². The molecule has 1 aromatic carbocycles. The van der Waals surface area contributed by atoms with Crippen molar-refractivity contribution in [2.75, 3.05) is 0 Å². The van der Waals surface area contributed by atoms with Crippen molar-refractivity contribution in [1.29, 1.82) is 0 Å². The summed E-state index contributed by atoms with van der Waals surface area (Å²) in [7, 11) is 0. The quantitative estimate of drug-likeness (QED) is 0.613. The van der Waals surface area contributed by atoms with Gasteiger partial charge in [-0.2, -0.15) is 0 Å². The van der Waals surface area contributed by atoms with Crippen LogP contribution in [0.5, 0.6) is 0 Å². The molecule has 1 amide bonds. The van der Waals surface area contributed by atoms with E-state index in [1.54, 1.807) is 24.5 Å². The summed E-state index contributed by atoms with van der Waals surface area (Å²) in [5, 5.41) is 8.89. The largest absolute Gasteiger partial charge is 0.289 e. The summed E-state index contributed by atoms with van der Waals surface area (Å²) in [6.07, 6.45) is 3.15. The fraction of sp³-hybridized carbons (Fsp3) is 0.462. The Bertz CT molecular complexity index is 439. The van der Waals surface area contributed by atoms with Crippen LogP contribution in [0.25, 0.3) is 0 Å². The molecule has 0 atom stereocenters. The molecule has 2 rings (SSSR count). The molecule has 0 unspecified atom stereocenters. The topological polar surface area (TPSA) is 49.3 Å². The number of amides is 1. The number of benzene rings is 1. The van der Waals surface area contributed by atoms with Crippen LogP contribution in [0.2, 0.25) is 0 Å². The van der Waals surface area contributed by atoms with Gasteiger partial charge in [-0.1, -0.05) is 25.0 Å². The third-order valence-electron chi connectivity index (χ3n) is 3.78. The van der Waals surface area contributed by atoms with Gasteiger partial charge in [-0.3, -0.25) is 10.0 Å². The van der Waals surface area contributed by atoms with E-state index < -0.39 is 11.3 Å². The number of rotatable bonds is 2. The van der Waals surface area contributed by atoms with Gasteiger partial charge in [0.1, 0.15) is 5.82 Å². The van der Waals surface area contributed by atoms with E-state index in [1.807, 2.05) is 0 Å². The highest BCUT2D eigenvalue weighted by Gasteiger charge is 2.43. The molecule has 0 heterocycles. The van der Waals surface area contributed by atoms with Crippen LogP contribution in [-0.4, -0.2) is 11.1 Å². The highest BCUT2D eigenvalue weighted by molar-refractivity contribution is 5.88. The first-order chi connectivity index (χ1) is 8.12. The van der Waals surface area contributed by atoms with Crippen LogP contribution >= 0.6 is 0 Å². The Morgan fingerprint density at radius 1 is 1.41 bits per heavy atom. The predicted octanol–water partition coefficient (Wildman–Crippen LogP) is 2.45. The molecule has 1 fully saturated rings. The highest BCUT2D eigenvalue weighted by atomic mass is 19.1. The smallest absolute Gasteiger partial charge is 0.253 e. The van der Waals surface area contributed by atoms with Crippen molar-refractivity contribution in [1.82, 2.24) is 5.48 Å². The first-order valence-electron chi connectivity index (χ1n) is 5.82. The van der Waals surface area contributed by atoms with Gasteiger partial charge in [0, 0.05) is 0 Å². The molecule has 1 saturated carbocycles. The molecule has 0 aliphatic heterocycles. The van der Waals surface area contributed by atoms with E-state index in [1.165, 1.54) is 6.07 Å². The van der Waals surface area contributed by atoms with Gasteiger partial charge in [-0.05, 0) is 37.0 Å². The molecule has 0 saturated heterocycles. The van der Waals surface area contributed by atoms with Gasteiger partial charge in [0.15, 0.2) is 0 Å². The number of halogens is 1. The third kappa shape index (κ3) is 1.82. The van der Waals surface area contributed by atoms with E-state index in [2.05, 4.69) is 0 Å². The molecule has 0 aromatic heterocycles. The molecule has 3 nitrogen and oxygen atoms in total. The molecule has 17 heavy (non-hydrogen) atoms. The van der Waals surface area contributed by atoms with Crippen molar-refractivity contribution >= 4 is 5.91 Å². The molecular formula is C13H16FNO2. The Balaban J connectivity index is 2.53. The average Bonchev–Trinajstić information content (AvgIpc) is 2.82. The van der Waals surface area contributed by atoms with E-state index in [4.69, 9.17) is 5.21 Å². The van der Waals surface area contributed by atoms with Crippen LogP contribution in [0.1, 0.15) is 36.8 Å². The lowest BCUT2D eigenvalue weighted by Gasteiger charge is -2.28. The Labute approximate surface area is 99.6 Å². The lowest BCUT2D eigenvalue weighted by Crippen LogP contribution is -2.41. The second-order valence-electron chi connectivity index (χ2n) is 4.64. The average molecular weight is 237 g/mol. The van der Waals surface area contributed by atoms with E-state index in [-0.39, 0.29) is 5.82 Å². The standard InChI is InChI=1S/C13H16FNO2/c1-9-10(5-4-6-11(9)14)13(12(16)15-17)7-2-3-8-13/h4-6,17H,2-3,7-8H2,1H3,(H,15,16). The van der Waals surface area contributed by atoms with Crippen LogP contribution in [0.15, 0.2) is 18.2 Å². The highest BCUT2D eigenvalue weighted by Crippen LogP contribution is 2.42. The summed E-state index contributed by atoms with van der Waals surface area (Å²) in [5.74, 6) is -0.733. The van der Waals surface area contributed by atoms with Crippen molar-refractivity contribution in [3.8, 4) is 0 Å². The Morgan fingerprint density at radius 3 is 2.65 bits per heavy atom. The van der Waals surface area contributed by atoms with Crippen molar-refractivity contribution in [2.24, 2.45) is 0 Å². The maximum absolute atomic E-state index is 13.6. The van der Waals surface area contributed by atoms with Gasteiger partial charge >= 0.3 is 0 Å². The number of carbonyl (C=O) groups is 1. The van der Waals surface area contributed by atoms with E-state index in [9.17, 15) is 9.18 Å². The van der Waals surface area contributed by atoms with E-state index in [0.29, 0.717) is 24.0 Å². The minimum Gasteiger partial charge on any atom is -0.289 e. The van der Waals surface area contributed by atoms with Gasteiger partial charge in [0.05, 0.1) is 5.41 Å². The number of hydroxylamine groups is 1. The fourth-order valence-corrected chi connectivity index (χ4v) is 2.83. The maximum atomic E-state index is 13.6. The Hall–Kier alpha value is -1.42. The van der Waals surface area contributed by atoms with Crippen LogP contribution in [0, 0.1) is 12.7 Å². The lowest BCUT2D eigenvalue weighted by molar-refractivity contribution is -0.135. The summed E-state index contributed by atoms with van der Waals surface area (Å²) >= 11 is 0. The third-order valence-corrected chi connectivity index (χ3v) is 3.78. The minimum atomic E-state index is -0.763. The SMILES string of the molecule is Cc1c(F)cccc1C1(C(=O)NO)CCCC1. The van der Waals surface area contributed by atoms with Gasteiger partial charge in [0.25, 0.3) is 5.91 Å². The zero-order chi connectivity index (χ0) is 12.5. The van der Waals surface area contributed by atoms with Crippen molar-refractivity contribution in [3.05, 3.63) is 35.1 Å². The molecule has 4 heteroatoms. The van der Waals surface area contributed by atoms with E-state index >= 15 is 0 Å². The summed E-state index contributed by atoms with van der Waals surface area (Å²) in [6.45, 7) is 1.68. The molecular weight excluding hydrogens is 221 g/mol. The van der Waals surface area contributed by atoms with Gasteiger partial charge in [-0.15, -0.1) is 0 Å². The van der Waals surface area contributed by atoms with Crippen LogP contribution < -0.4 is 5.48 Å². The molecule has 1 aliphatic carbocycles. The molecule has 2 N–H and O–H groups in total. The summed E-state index contributed by atoms with van der Waals surface area (Å²) < 4.78 is 13.6. The van der Waals surface area contributed by atoms with Gasteiger partial charge < -0.3 is 0 Å². The first-order valence-corrected chi connectivity index (χ1v) is 5.82. The second kappa shape index (κ2) is 4.45. The molecule has 0 spiro atoms. The summed E-state index contributed by atoms with van der Waals surface area (Å²) in [5.41, 5.74) is 2.16. The van der Waals surface area contributed by atoms with Crippen LogP contribution in [-0.2, 0) is 10.2 Å². The lowest BCUT2D eigenvalue weighted by atomic mass is 9.76. The number of hydrogen-bond acceptors (Lipinski definition) is 2.